The number of para-hydroxylation sites is 1. The van der Waals surface area contributed by atoms with E-state index in [0.717, 1.165) is 16.5 Å². The molecule has 236 valence electrons. The molecule has 4 atom stereocenters. The molecule has 1 heterocycles. The summed E-state index contributed by atoms with van der Waals surface area (Å²) in [6.07, 6.45) is 3.07. The van der Waals surface area contributed by atoms with E-state index in [1.54, 1.807) is 6.20 Å². The van der Waals surface area contributed by atoms with Gasteiger partial charge in [0.2, 0.25) is 17.7 Å². The minimum absolute atomic E-state index is 0.0110. The van der Waals surface area contributed by atoms with Gasteiger partial charge in [-0.2, -0.15) is 11.8 Å². The Kier molecular flexibility index (Phi) is 12.6. The third-order valence-corrected chi connectivity index (χ3v) is 7.61. The molecule has 13 nitrogen and oxygen atoms in total. The number of aromatic amines is 1. The zero-order valence-electron chi connectivity index (χ0n) is 24.1. The number of aromatic nitrogens is 1. The van der Waals surface area contributed by atoms with Gasteiger partial charge in [0.05, 0.1) is 6.04 Å². The van der Waals surface area contributed by atoms with Crippen LogP contribution in [0.5, 0.6) is 5.75 Å². The normalized spacial score (nSPS) is 13.8. The van der Waals surface area contributed by atoms with Gasteiger partial charge in [0.25, 0.3) is 0 Å². The van der Waals surface area contributed by atoms with Gasteiger partial charge in [-0.05, 0) is 60.6 Å². The first-order valence-electron chi connectivity index (χ1n) is 13.9. The van der Waals surface area contributed by atoms with Crippen LogP contribution in [0.4, 0.5) is 0 Å². The van der Waals surface area contributed by atoms with Crippen molar-refractivity contribution in [3.8, 4) is 5.75 Å². The minimum atomic E-state index is -1.40. The molecule has 3 rings (SSSR count). The minimum Gasteiger partial charge on any atom is -0.508 e. The first-order valence-corrected chi connectivity index (χ1v) is 15.3. The summed E-state index contributed by atoms with van der Waals surface area (Å²) in [6, 6.07) is 8.45. The van der Waals surface area contributed by atoms with Crippen molar-refractivity contribution in [1.29, 1.82) is 0 Å². The molecular weight excluding hydrogens is 590 g/mol. The highest BCUT2D eigenvalue weighted by Crippen LogP contribution is 2.19. The molecule has 0 radical (unpaired) electrons. The predicted octanol–water partition coefficient (Wildman–Crippen LogP) is 1.14. The second-order valence-electron chi connectivity index (χ2n) is 10.3. The number of hydrogen-bond donors (Lipinski definition) is 8. The number of carboxylic acid groups (broad SMARTS) is 2. The number of thioether (sulfide) groups is 1. The van der Waals surface area contributed by atoms with Gasteiger partial charge < -0.3 is 42.0 Å². The first kappa shape index (κ1) is 33.9. The van der Waals surface area contributed by atoms with Crippen molar-refractivity contribution in [1.82, 2.24) is 20.9 Å². The largest absolute Gasteiger partial charge is 0.508 e. The first-order chi connectivity index (χ1) is 21.0. The van der Waals surface area contributed by atoms with Crippen LogP contribution in [0.3, 0.4) is 0 Å². The fourth-order valence-corrected chi connectivity index (χ4v) is 5.03. The second-order valence-corrected chi connectivity index (χ2v) is 11.3. The third kappa shape index (κ3) is 10.0. The van der Waals surface area contributed by atoms with Crippen molar-refractivity contribution in [3.05, 3.63) is 65.9 Å². The summed E-state index contributed by atoms with van der Waals surface area (Å²) in [7, 11) is 0. The maximum atomic E-state index is 13.4. The Hall–Kier alpha value is -4.56. The van der Waals surface area contributed by atoms with E-state index in [-0.39, 0.29) is 31.4 Å². The number of hydrogen-bond acceptors (Lipinski definition) is 8. The van der Waals surface area contributed by atoms with E-state index in [1.807, 2.05) is 30.5 Å². The molecule has 0 aliphatic carbocycles. The molecule has 4 unspecified atom stereocenters. The molecule has 0 saturated heterocycles. The molecule has 1 aromatic heterocycles. The highest BCUT2D eigenvalue weighted by molar-refractivity contribution is 7.98. The lowest BCUT2D eigenvalue weighted by Gasteiger charge is -2.25. The summed E-state index contributed by atoms with van der Waals surface area (Å²) in [6.45, 7) is 0. The van der Waals surface area contributed by atoms with Crippen LogP contribution in [0.25, 0.3) is 10.9 Å². The molecule has 14 heteroatoms. The number of rotatable bonds is 17. The van der Waals surface area contributed by atoms with E-state index in [4.69, 9.17) is 5.73 Å². The Morgan fingerprint density at radius 3 is 2.09 bits per heavy atom. The zero-order chi connectivity index (χ0) is 32.2. The lowest BCUT2D eigenvalue weighted by atomic mass is 10.0. The molecule has 0 saturated carbocycles. The van der Waals surface area contributed by atoms with E-state index in [1.165, 1.54) is 36.0 Å². The number of phenolic OH excluding ortho intramolecular Hbond substituents is 1. The number of aliphatic carboxylic acids is 2. The number of carbonyl (C=O) groups is 5. The van der Waals surface area contributed by atoms with Gasteiger partial charge in [-0.15, -0.1) is 0 Å². The van der Waals surface area contributed by atoms with Gasteiger partial charge in [-0.3, -0.25) is 19.2 Å². The molecule has 2 aromatic carbocycles. The number of aromatic hydroxyl groups is 1. The number of nitrogens with two attached hydrogens (primary N) is 1. The van der Waals surface area contributed by atoms with Gasteiger partial charge in [-0.1, -0.05) is 30.3 Å². The zero-order valence-corrected chi connectivity index (χ0v) is 24.9. The highest BCUT2D eigenvalue weighted by Gasteiger charge is 2.31. The van der Waals surface area contributed by atoms with Gasteiger partial charge >= 0.3 is 11.9 Å². The quantitative estimate of drug-likeness (QED) is 0.107. The number of amides is 3. The number of benzene rings is 2. The standard InChI is InChI=1S/C30H37N5O8S/c1-44-13-12-24(33-27(39)21(31)15-18-16-32-22-5-3-2-4-20(18)22)29(41)34-23(10-11-26(37)38)28(40)35-25(30(42)43)14-17-6-8-19(36)9-7-17/h2-9,16,21,23-25,32,36H,10-15,31H2,1H3,(H,33,39)(H,34,41)(H,35,40)(H,37,38)(H,42,43). The van der Waals surface area contributed by atoms with Crippen molar-refractivity contribution in [2.24, 2.45) is 5.73 Å². The average Bonchev–Trinajstić information content (AvgIpc) is 3.40. The molecule has 0 aliphatic rings. The van der Waals surface area contributed by atoms with Crippen LogP contribution in [-0.4, -0.2) is 86.1 Å². The second kappa shape index (κ2) is 16.3. The molecular formula is C30H37N5O8S. The van der Waals surface area contributed by atoms with Gasteiger partial charge in [0, 0.05) is 29.9 Å². The summed E-state index contributed by atoms with van der Waals surface area (Å²) in [4.78, 5) is 65.9. The molecule has 3 aromatic rings. The lowest BCUT2D eigenvalue weighted by molar-refractivity contribution is -0.143. The van der Waals surface area contributed by atoms with E-state index in [0.29, 0.717) is 11.3 Å². The molecule has 9 N–H and O–H groups in total. The van der Waals surface area contributed by atoms with E-state index >= 15 is 0 Å². The van der Waals surface area contributed by atoms with Crippen molar-refractivity contribution in [3.63, 3.8) is 0 Å². The van der Waals surface area contributed by atoms with E-state index in [9.17, 15) is 39.3 Å². The van der Waals surface area contributed by atoms with Gasteiger partial charge in [0.1, 0.15) is 23.9 Å². The van der Waals surface area contributed by atoms with Crippen LogP contribution < -0.4 is 21.7 Å². The topological polar surface area (TPSA) is 224 Å². The number of H-pyrrole nitrogens is 1. The number of nitrogens with one attached hydrogen (secondary N) is 4. The smallest absolute Gasteiger partial charge is 0.326 e. The van der Waals surface area contributed by atoms with Crippen LogP contribution in [0, 0.1) is 0 Å². The maximum Gasteiger partial charge on any atom is 0.326 e. The summed E-state index contributed by atoms with van der Waals surface area (Å²) >= 11 is 1.44. The van der Waals surface area contributed by atoms with Gasteiger partial charge in [0.15, 0.2) is 0 Å². The summed E-state index contributed by atoms with van der Waals surface area (Å²) in [5.74, 6) is -4.30. The highest BCUT2D eigenvalue weighted by atomic mass is 32.2. The summed E-state index contributed by atoms with van der Waals surface area (Å²) < 4.78 is 0. The van der Waals surface area contributed by atoms with Crippen LogP contribution in [0.2, 0.25) is 0 Å². The number of fused-ring (bicyclic) bond motifs is 1. The Bertz CT molecular complexity index is 1460. The Labute approximate surface area is 258 Å². The van der Waals surface area contributed by atoms with Crippen molar-refractivity contribution in [2.45, 2.75) is 56.3 Å². The monoisotopic (exact) mass is 627 g/mol. The van der Waals surface area contributed by atoms with Crippen LogP contribution in [0.1, 0.15) is 30.4 Å². The number of carbonyl (C=O) groups excluding carboxylic acids is 3. The molecule has 3 amide bonds. The maximum absolute atomic E-state index is 13.4. The van der Waals surface area contributed by atoms with Crippen LogP contribution in [0.15, 0.2) is 54.7 Å². The lowest BCUT2D eigenvalue weighted by Crippen LogP contribution is -2.57. The van der Waals surface area contributed by atoms with Crippen molar-refractivity contribution < 1.29 is 39.3 Å². The summed E-state index contributed by atoms with van der Waals surface area (Å²) in [5, 5.41) is 36.8. The fourth-order valence-electron chi connectivity index (χ4n) is 4.56. The predicted molar refractivity (Wildman–Crippen MR) is 165 cm³/mol. The van der Waals surface area contributed by atoms with Crippen molar-refractivity contribution >= 4 is 52.3 Å². The van der Waals surface area contributed by atoms with Crippen LogP contribution >= 0.6 is 11.8 Å². The Morgan fingerprint density at radius 2 is 1.45 bits per heavy atom. The Morgan fingerprint density at radius 1 is 0.841 bits per heavy atom. The molecule has 0 spiro atoms. The van der Waals surface area contributed by atoms with Crippen LogP contribution in [-0.2, 0) is 36.8 Å². The fraction of sp³-hybridized carbons (Fsp3) is 0.367. The SMILES string of the molecule is CSCCC(NC(=O)C(N)Cc1c[nH]c2ccccc12)C(=O)NC(CCC(=O)O)C(=O)NC(Cc1ccc(O)cc1)C(=O)O. The average molecular weight is 628 g/mol. The Balaban J connectivity index is 1.70. The summed E-state index contributed by atoms with van der Waals surface area (Å²) in [5.41, 5.74) is 8.45. The molecule has 0 bridgehead atoms. The number of phenols is 1. The number of carboxylic acids is 2. The van der Waals surface area contributed by atoms with Gasteiger partial charge in [-0.25, -0.2) is 4.79 Å². The molecule has 0 aliphatic heterocycles. The van der Waals surface area contributed by atoms with E-state index in [2.05, 4.69) is 20.9 Å². The molecule has 0 fully saturated rings. The van der Waals surface area contributed by atoms with Crippen molar-refractivity contribution in [2.75, 3.05) is 12.0 Å². The molecule has 44 heavy (non-hydrogen) atoms. The van der Waals surface area contributed by atoms with E-state index < -0.39 is 60.2 Å². The third-order valence-electron chi connectivity index (χ3n) is 6.97.